The predicted octanol–water partition coefficient (Wildman–Crippen LogP) is 6.09. The van der Waals surface area contributed by atoms with Crippen LogP contribution in [0.3, 0.4) is 0 Å². The molecular weight excluding hydrogens is 536 g/mol. The van der Waals surface area contributed by atoms with E-state index >= 15 is 0 Å². The molecule has 5 nitrogen and oxygen atoms in total. The standard InChI is InChI=1S/C29H31F6N3O2/c1-19-5-7-20(8-6-19)24-18-38(12-4-11-36(2)3)26(40)27(24)9-13-37(14-10-27)25(39)21-15-22(28(30,31)32)17-23(16-21)29(33,34)35/h5-8,15-18H,4,9-14H2,1-3H3. The second kappa shape index (κ2) is 10.9. The van der Waals surface area contributed by atoms with Gasteiger partial charge >= 0.3 is 12.4 Å². The Bertz CT molecular complexity index is 1260. The van der Waals surface area contributed by atoms with Crippen LogP contribution in [0.4, 0.5) is 26.3 Å². The van der Waals surface area contributed by atoms with Crippen LogP contribution in [0.2, 0.25) is 0 Å². The summed E-state index contributed by atoms with van der Waals surface area (Å²) in [6.07, 6.45) is -7.11. The van der Waals surface area contributed by atoms with Crippen LogP contribution in [0.15, 0.2) is 48.7 Å². The molecule has 2 amide bonds. The lowest BCUT2D eigenvalue weighted by atomic mass is 9.71. The monoisotopic (exact) mass is 567 g/mol. The number of halogens is 6. The molecule has 11 heteroatoms. The number of carbonyl (C=O) groups excluding carboxylic acids is 2. The third kappa shape index (κ3) is 6.04. The molecule has 2 aromatic carbocycles. The van der Waals surface area contributed by atoms with Crippen LogP contribution < -0.4 is 0 Å². The van der Waals surface area contributed by atoms with E-state index in [2.05, 4.69) is 0 Å². The molecule has 2 aromatic rings. The van der Waals surface area contributed by atoms with E-state index in [0.29, 0.717) is 18.7 Å². The van der Waals surface area contributed by atoms with Gasteiger partial charge in [-0.1, -0.05) is 29.8 Å². The Hall–Kier alpha value is -3.34. The van der Waals surface area contributed by atoms with E-state index in [1.807, 2.05) is 56.4 Å². The zero-order valence-electron chi connectivity index (χ0n) is 22.5. The van der Waals surface area contributed by atoms with E-state index in [1.54, 1.807) is 4.90 Å². The largest absolute Gasteiger partial charge is 0.416 e. The zero-order valence-corrected chi connectivity index (χ0v) is 22.5. The van der Waals surface area contributed by atoms with Crippen molar-refractivity contribution in [1.29, 1.82) is 0 Å². The topological polar surface area (TPSA) is 43.9 Å². The van der Waals surface area contributed by atoms with E-state index in [-0.39, 0.29) is 37.9 Å². The lowest BCUT2D eigenvalue weighted by molar-refractivity contribution is -0.143. The first-order valence-electron chi connectivity index (χ1n) is 13.0. The summed E-state index contributed by atoms with van der Waals surface area (Å²) in [6, 6.07) is 8.64. The maximum atomic E-state index is 13.8. The Morgan fingerprint density at radius 2 is 1.48 bits per heavy atom. The predicted molar refractivity (Wildman–Crippen MR) is 138 cm³/mol. The van der Waals surface area contributed by atoms with Gasteiger partial charge < -0.3 is 14.7 Å². The van der Waals surface area contributed by atoms with Crippen LogP contribution >= 0.6 is 0 Å². The number of rotatable bonds is 6. The van der Waals surface area contributed by atoms with Gasteiger partial charge in [-0.2, -0.15) is 26.3 Å². The molecule has 0 aliphatic carbocycles. The van der Waals surface area contributed by atoms with Crippen molar-refractivity contribution >= 4 is 17.4 Å². The fraction of sp³-hybridized carbons (Fsp3) is 0.448. The molecule has 1 spiro atoms. The van der Waals surface area contributed by atoms with Crippen molar-refractivity contribution in [3.63, 3.8) is 0 Å². The zero-order chi connectivity index (χ0) is 29.5. The van der Waals surface area contributed by atoms with Crippen LogP contribution in [0.1, 0.15) is 51.9 Å². The SMILES string of the molecule is Cc1ccc(C2=CN(CCCN(C)C)C(=O)C23CCN(C(=O)c2cc(C(F)(F)F)cc(C(F)(F)F)c2)CC3)cc1. The van der Waals surface area contributed by atoms with Gasteiger partial charge in [0.05, 0.1) is 16.5 Å². The van der Waals surface area contributed by atoms with Crippen LogP contribution in [-0.2, 0) is 17.1 Å². The Labute approximate surface area is 229 Å². The van der Waals surface area contributed by atoms with E-state index in [9.17, 15) is 35.9 Å². The molecule has 2 heterocycles. The summed E-state index contributed by atoms with van der Waals surface area (Å²) in [4.78, 5) is 31.9. The molecule has 0 radical (unpaired) electrons. The number of amides is 2. The molecule has 1 saturated heterocycles. The number of carbonyl (C=O) groups is 2. The number of benzene rings is 2. The van der Waals surface area contributed by atoms with Gasteiger partial charge in [-0.3, -0.25) is 9.59 Å². The van der Waals surface area contributed by atoms with Crippen molar-refractivity contribution in [3.05, 3.63) is 76.5 Å². The highest BCUT2D eigenvalue weighted by molar-refractivity contribution is 6.02. The minimum absolute atomic E-state index is 0.00269. The first-order valence-corrected chi connectivity index (χ1v) is 13.0. The summed E-state index contributed by atoms with van der Waals surface area (Å²) in [7, 11) is 3.88. The molecule has 0 unspecified atom stereocenters. The van der Waals surface area contributed by atoms with Gasteiger partial charge in [0.25, 0.3) is 5.91 Å². The number of nitrogens with zero attached hydrogens (tertiary/aromatic N) is 3. The lowest BCUT2D eigenvalue weighted by Crippen LogP contribution is -2.48. The van der Waals surface area contributed by atoms with Crippen LogP contribution in [-0.4, -0.2) is 66.8 Å². The van der Waals surface area contributed by atoms with E-state index in [1.165, 1.54) is 4.90 Å². The quantitative estimate of drug-likeness (QED) is 0.397. The number of alkyl halides is 6. The summed E-state index contributed by atoms with van der Waals surface area (Å²) in [5.74, 6) is -1.03. The van der Waals surface area contributed by atoms with Crippen LogP contribution in [0.5, 0.6) is 0 Å². The molecular formula is C29H31F6N3O2. The second-order valence-corrected chi connectivity index (χ2v) is 10.7. The molecule has 1 fully saturated rings. The van der Waals surface area contributed by atoms with Gasteiger partial charge in [0.1, 0.15) is 0 Å². The molecule has 2 aliphatic rings. The highest BCUT2D eigenvalue weighted by Crippen LogP contribution is 2.50. The maximum absolute atomic E-state index is 13.8. The molecule has 216 valence electrons. The minimum Gasteiger partial charge on any atom is -0.339 e. The molecule has 0 aromatic heterocycles. The Kier molecular flexibility index (Phi) is 8.08. The minimum atomic E-state index is -5.05. The lowest BCUT2D eigenvalue weighted by Gasteiger charge is -2.40. The number of likely N-dealkylation sites (tertiary alicyclic amines) is 1. The summed E-state index contributed by atoms with van der Waals surface area (Å²) in [5, 5.41) is 0. The normalized spacial score (nSPS) is 17.6. The molecule has 0 saturated carbocycles. The fourth-order valence-corrected chi connectivity index (χ4v) is 5.37. The van der Waals surface area contributed by atoms with E-state index in [4.69, 9.17) is 0 Å². The van der Waals surface area contributed by atoms with Crippen molar-refractivity contribution in [1.82, 2.24) is 14.7 Å². The van der Waals surface area contributed by atoms with E-state index < -0.39 is 40.4 Å². The van der Waals surface area contributed by atoms with E-state index in [0.717, 1.165) is 29.7 Å². The molecule has 0 bridgehead atoms. The Morgan fingerprint density at radius 1 is 0.925 bits per heavy atom. The van der Waals surface area contributed by atoms with Crippen molar-refractivity contribution in [2.45, 2.75) is 38.5 Å². The molecule has 40 heavy (non-hydrogen) atoms. The number of hydrogen-bond donors (Lipinski definition) is 0. The Morgan fingerprint density at radius 3 is 1.98 bits per heavy atom. The third-order valence-corrected chi connectivity index (χ3v) is 7.58. The second-order valence-electron chi connectivity index (χ2n) is 10.7. The van der Waals surface area contributed by atoms with Crippen LogP contribution in [0.25, 0.3) is 5.57 Å². The highest BCUT2D eigenvalue weighted by Gasteiger charge is 2.51. The summed E-state index contributed by atoms with van der Waals surface area (Å²) >= 11 is 0. The highest BCUT2D eigenvalue weighted by atomic mass is 19.4. The molecule has 2 aliphatic heterocycles. The first kappa shape index (κ1) is 29.6. The van der Waals surface area contributed by atoms with Crippen molar-refractivity contribution in [2.75, 3.05) is 40.3 Å². The summed E-state index contributed by atoms with van der Waals surface area (Å²) in [5.41, 5.74) is -1.98. The number of aryl methyl sites for hydroxylation is 1. The van der Waals surface area contributed by atoms with Gasteiger partial charge in [-0.05, 0) is 76.2 Å². The Balaban J connectivity index is 1.60. The summed E-state index contributed by atoms with van der Waals surface area (Å²) < 4.78 is 80.0. The van der Waals surface area contributed by atoms with Gasteiger partial charge in [0.2, 0.25) is 5.91 Å². The van der Waals surface area contributed by atoms with Crippen LogP contribution in [0, 0.1) is 12.3 Å². The van der Waals surface area contributed by atoms with Gasteiger partial charge in [-0.15, -0.1) is 0 Å². The van der Waals surface area contributed by atoms with Crippen molar-refractivity contribution < 1.29 is 35.9 Å². The molecule has 0 N–H and O–H groups in total. The third-order valence-electron chi connectivity index (χ3n) is 7.58. The van der Waals surface area contributed by atoms with Gasteiger partial charge in [0.15, 0.2) is 0 Å². The average molecular weight is 568 g/mol. The van der Waals surface area contributed by atoms with Gasteiger partial charge in [0, 0.05) is 31.4 Å². The van der Waals surface area contributed by atoms with Crippen molar-refractivity contribution in [3.8, 4) is 0 Å². The smallest absolute Gasteiger partial charge is 0.339 e. The van der Waals surface area contributed by atoms with Crippen molar-refractivity contribution in [2.24, 2.45) is 5.41 Å². The number of piperidine rings is 1. The summed E-state index contributed by atoms with van der Waals surface area (Å²) in [6.45, 7) is 3.25. The average Bonchev–Trinajstić information content (AvgIpc) is 3.14. The maximum Gasteiger partial charge on any atom is 0.416 e. The first-order chi connectivity index (χ1) is 18.6. The molecule has 4 rings (SSSR count). The van der Waals surface area contributed by atoms with Gasteiger partial charge in [-0.25, -0.2) is 0 Å². The molecule has 0 atom stereocenters. The fourth-order valence-electron chi connectivity index (χ4n) is 5.37. The number of hydrogen-bond acceptors (Lipinski definition) is 3.